The molecule has 0 fully saturated rings. The van der Waals surface area contributed by atoms with Crippen molar-refractivity contribution in [2.45, 2.75) is 26.7 Å². The molecule has 2 aromatic carbocycles. The molecule has 3 amide bonds. The van der Waals surface area contributed by atoms with E-state index >= 15 is 0 Å². The number of halogens is 2. The van der Waals surface area contributed by atoms with Gasteiger partial charge in [-0.2, -0.15) is 0 Å². The van der Waals surface area contributed by atoms with E-state index in [9.17, 15) is 19.2 Å². The highest BCUT2D eigenvalue weighted by molar-refractivity contribution is 9.10. The topological polar surface area (TPSA) is 114 Å². The van der Waals surface area contributed by atoms with Gasteiger partial charge in [0.25, 0.3) is 11.8 Å². The van der Waals surface area contributed by atoms with Crippen molar-refractivity contribution in [3.05, 3.63) is 62.6 Å². The summed E-state index contributed by atoms with van der Waals surface area (Å²) in [7, 11) is 0. The van der Waals surface area contributed by atoms with Crippen molar-refractivity contribution in [1.29, 1.82) is 0 Å². The van der Waals surface area contributed by atoms with Gasteiger partial charge in [-0.1, -0.05) is 27.5 Å². The Hall–Kier alpha value is -2.91. The molecule has 164 valence electrons. The Morgan fingerprint density at radius 1 is 0.935 bits per heavy atom. The molecule has 0 radical (unpaired) electrons. The molecule has 0 atom stereocenters. The third kappa shape index (κ3) is 8.03. The predicted octanol–water partition coefficient (Wildman–Crippen LogP) is 3.44. The second-order valence-electron chi connectivity index (χ2n) is 6.63. The Morgan fingerprint density at radius 3 is 2.29 bits per heavy atom. The Balaban J connectivity index is 1.68. The number of carbonyl (C=O) groups excluding carboxylic acids is 4. The Bertz CT molecular complexity index is 995. The van der Waals surface area contributed by atoms with E-state index in [4.69, 9.17) is 16.3 Å². The van der Waals surface area contributed by atoms with E-state index in [1.165, 1.54) is 12.1 Å². The summed E-state index contributed by atoms with van der Waals surface area (Å²) in [5.74, 6) is -2.30. The minimum Gasteiger partial charge on any atom is -0.456 e. The lowest BCUT2D eigenvalue weighted by Crippen LogP contribution is -2.41. The van der Waals surface area contributed by atoms with Gasteiger partial charge in [-0.3, -0.25) is 30.0 Å². The van der Waals surface area contributed by atoms with Crippen LogP contribution in [0.15, 0.2) is 40.9 Å². The number of hydrazine groups is 1. The van der Waals surface area contributed by atoms with E-state index < -0.39 is 30.3 Å². The zero-order valence-electron chi connectivity index (χ0n) is 16.9. The van der Waals surface area contributed by atoms with Crippen molar-refractivity contribution >= 4 is 56.9 Å². The van der Waals surface area contributed by atoms with Crippen LogP contribution in [0.4, 0.5) is 5.69 Å². The van der Waals surface area contributed by atoms with Gasteiger partial charge in [-0.25, -0.2) is 0 Å². The molecule has 3 N–H and O–H groups in total. The Labute approximate surface area is 192 Å². The minimum absolute atomic E-state index is 0.216. The number of anilines is 1. The van der Waals surface area contributed by atoms with Crippen LogP contribution in [0, 0.1) is 13.8 Å². The average molecular weight is 511 g/mol. The SMILES string of the molecule is Cc1cc(NC(=O)COC(=O)CCC(=O)NNC(=O)c2ccc(Cl)cc2)c(C)cc1Br. The summed E-state index contributed by atoms with van der Waals surface area (Å²) < 4.78 is 5.81. The highest BCUT2D eigenvalue weighted by atomic mass is 79.9. The van der Waals surface area contributed by atoms with Gasteiger partial charge in [0.15, 0.2) is 6.61 Å². The summed E-state index contributed by atoms with van der Waals surface area (Å²) >= 11 is 9.16. The molecule has 0 saturated heterocycles. The number of hydrogen-bond donors (Lipinski definition) is 3. The molecule has 0 aliphatic heterocycles. The van der Waals surface area contributed by atoms with Crippen LogP contribution in [0.2, 0.25) is 5.02 Å². The molecule has 0 aromatic heterocycles. The second kappa shape index (κ2) is 11.5. The average Bonchev–Trinajstić information content (AvgIpc) is 2.73. The third-order valence-corrected chi connectivity index (χ3v) is 5.23. The van der Waals surface area contributed by atoms with Crippen LogP contribution < -0.4 is 16.2 Å². The molecule has 8 nitrogen and oxygen atoms in total. The van der Waals surface area contributed by atoms with Crippen LogP contribution in [0.5, 0.6) is 0 Å². The molecule has 0 heterocycles. The van der Waals surface area contributed by atoms with Crippen LogP contribution in [-0.2, 0) is 19.1 Å². The first-order chi connectivity index (χ1) is 14.7. The van der Waals surface area contributed by atoms with Crippen molar-refractivity contribution in [1.82, 2.24) is 10.9 Å². The number of amides is 3. The number of hydrogen-bond acceptors (Lipinski definition) is 5. The molecule has 0 aliphatic rings. The second-order valence-corrected chi connectivity index (χ2v) is 7.93. The van der Waals surface area contributed by atoms with Crippen molar-refractivity contribution < 1.29 is 23.9 Å². The lowest BCUT2D eigenvalue weighted by Gasteiger charge is -2.11. The first-order valence-electron chi connectivity index (χ1n) is 9.22. The van der Waals surface area contributed by atoms with Gasteiger partial charge in [0, 0.05) is 27.2 Å². The Morgan fingerprint density at radius 2 is 1.61 bits per heavy atom. The van der Waals surface area contributed by atoms with E-state index in [1.54, 1.807) is 12.1 Å². The number of nitrogens with one attached hydrogen (secondary N) is 3. The molecule has 0 bridgehead atoms. The number of carbonyl (C=O) groups is 4. The first kappa shape index (κ1) is 24.4. The van der Waals surface area contributed by atoms with Crippen molar-refractivity contribution in [2.75, 3.05) is 11.9 Å². The van der Waals surface area contributed by atoms with Gasteiger partial charge in [-0.15, -0.1) is 0 Å². The van der Waals surface area contributed by atoms with Gasteiger partial charge >= 0.3 is 5.97 Å². The fourth-order valence-electron chi connectivity index (χ4n) is 2.40. The van der Waals surface area contributed by atoms with Crippen molar-refractivity contribution in [3.63, 3.8) is 0 Å². The smallest absolute Gasteiger partial charge is 0.306 e. The predicted molar refractivity (Wildman–Crippen MR) is 119 cm³/mol. The zero-order valence-corrected chi connectivity index (χ0v) is 19.2. The standard InChI is InChI=1S/C21H21BrClN3O5/c1-12-10-17(13(2)9-16(12)22)24-19(28)11-31-20(29)8-7-18(27)25-26-21(30)14-3-5-15(23)6-4-14/h3-6,9-10H,7-8,11H2,1-2H3,(H,24,28)(H,25,27)(H,26,30). The van der Waals surface area contributed by atoms with Gasteiger partial charge in [-0.05, 0) is 61.4 Å². The maximum atomic E-state index is 12.0. The lowest BCUT2D eigenvalue weighted by molar-refractivity contribution is -0.148. The van der Waals surface area contributed by atoms with Crippen molar-refractivity contribution in [2.24, 2.45) is 0 Å². The third-order valence-electron chi connectivity index (χ3n) is 4.12. The van der Waals surface area contributed by atoms with Gasteiger partial charge in [0.1, 0.15) is 0 Å². The molecule has 2 aromatic rings. The summed E-state index contributed by atoms with van der Waals surface area (Å²) in [6, 6.07) is 9.78. The monoisotopic (exact) mass is 509 g/mol. The number of rotatable bonds is 7. The van der Waals surface area contributed by atoms with Crippen molar-refractivity contribution in [3.8, 4) is 0 Å². The summed E-state index contributed by atoms with van der Waals surface area (Å²) in [5.41, 5.74) is 7.18. The summed E-state index contributed by atoms with van der Waals surface area (Å²) in [5, 5.41) is 3.16. The maximum Gasteiger partial charge on any atom is 0.306 e. The normalized spacial score (nSPS) is 10.2. The fourth-order valence-corrected chi connectivity index (χ4v) is 2.98. The van der Waals surface area contributed by atoms with Gasteiger partial charge in [0.05, 0.1) is 6.42 Å². The summed E-state index contributed by atoms with van der Waals surface area (Å²) in [6.45, 7) is 3.26. The molecule has 0 unspecified atom stereocenters. The first-order valence-corrected chi connectivity index (χ1v) is 10.4. The molecule has 2 rings (SSSR count). The fraction of sp³-hybridized carbons (Fsp3) is 0.238. The molecule has 0 aliphatic carbocycles. The summed E-state index contributed by atoms with van der Waals surface area (Å²) in [6.07, 6.45) is -0.460. The maximum absolute atomic E-state index is 12.0. The van der Waals surface area contributed by atoms with Gasteiger partial charge < -0.3 is 10.1 Å². The molecular weight excluding hydrogens is 490 g/mol. The van der Waals surface area contributed by atoms with E-state index in [-0.39, 0.29) is 12.8 Å². The summed E-state index contributed by atoms with van der Waals surface area (Å²) in [4.78, 5) is 47.4. The lowest BCUT2D eigenvalue weighted by atomic mass is 10.1. The van der Waals surface area contributed by atoms with E-state index in [0.717, 1.165) is 15.6 Å². The zero-order chi connectivity index (χ0) is 23.0. The number of esters is 1. The van der Waals surface area contributed by atoms with Crippen LogP contribution in [0.1, 0.15) is 34.3 Å². The highest BCUT2D eigenvalue weighted by Gasteiger charge is 2.13. The number of ether oxygens (including phenoxy) is 1. The molecular formula is C21H21BrClN3O5. The minimum atomic E-state index is -0.710. The molecule has 0 saturated carbocycles. The van der Waals surface area contributed by atoms with E-state index in [1.807, 2.05) is 26.0 Å². The van der Waals surface area contributed by atoms with Crippen LogP contribution in [0.3, 0.4) is 0 Å². The largest absolute Gasteiger partial charge is 0.456 e. The van der Waals surface area contributed by atoms with Crippen LogP contribution in [0.25, 0.3) is 0 Å². The van der Waals surface area contributed by atoms with Gasteiger partial charge in [0.2, 0.25) is 5.91 Å². The number of aryl methyl sites for hydroxylation is 2. The number of benzene rings is 2. The van der Waals surface area contributed by atoms with Crippen LogP contribution in [-0.4, -0.2) is 30.3 Å². The van der Waals surface area contributed by atoms with Crippen LogP contribution >= 0.6 is 27.5 Å². The molecule has 31 heavy (non-hydrogen) atoms. The highest BCUT2D eigenvalue weighted by Crippen LogP contribution is 2.24. The Kier molecular flexibility index (Phi) is 9.02. The quantitative estimate of drug-likeness (QED) is 0.390. The molecule has 0 spiro atoms. The van der Waals surface area contributed by atoms with E-state index in [2.05, 4.69) is 32.1 Å². The van der Waals surface area contributed by atoms with E-state index in [0.29, 0.717) is 16.3 Å². The molecule has 10 heteroatoms.